The largest absolute Gasteiger partial charge is 0.435 e. The van der Waals surface area contributed by atoms with Crippen LogP contribution in [-0.2, 0) is 4.79 Å². The maximum absolute atomic E-state index is 12.0. The minimum absolute atomic E-state index is 0.0168. The number of carbonyl (C=O) groups is 1. The van der Waals surface area contributed by atoms with Crippen molar-refractivity contribution >= 4 is 5.91 Å². The summed E-state index contributed by atoms with van der Waals surface area (Å²) in [6.07, 6.45) is 2.27. The second kappa shape index (κ2) is 7.89. The van der Waals surface area contributed by atoms with E-state index in [1.54, 1.807) is 6.08 Å². The van der Waals surface area contributed by atoms with E-state index in [4.69, 9.17) is 0 Å². The van der Waals surface area contributed by atoms with Crippen LogP contribution < -0.4 is 10.1 Å². The number of nitrogens with one attached hydrogen (secondary N) is 1. The summed E-state index contributed by atoms with van der Waals surface area (Å²) in [5, 5.41) is 12.5. The number of carbonyl (C=O) groups excluding carboxylic acids is 1. The van der Waals surface area contributed by atoms with Gasteiger partial charge in [-0.15, -0.1) is 0 Å². The first-order valence-corrected chi connectivity index (χ1v) is 6.87. The number of benzene rings is 1. The van der Waals surface area contributed by atoms with E-state index in [-0.39, 0.29) is 23.6 Å². The summed E-state index contributed by atoms with van der Waals surface area (Å²) in [6.45, 7) is 3.05. The molecule has 0 fully saturated rings. The Balaban J connectivity index is 2.50. The van der Waals surface area contributed by atoms with Crippen LogP contribution in [0.25, 0.3) is 0 Å². The smallest absolute Gasteiger partial charge is 0.387 e. The molecular weight excluding hydrogens is 292 g/mol. The summed E-state index contributed by atoms with van der Waals surface area (Å²) in [5.41, 5.74) is 0.401. The topological polar surface area (TPSA) is 58.6 Å². The van der Waals surface area contributed by atoms with Gasteiger partial charge in [-0.3, -0.25) is 4.79 Å². The number of rotatable bonds is 6. The van der Waals surface area contributed by atoms with Crippen LogP contribution in [0.4, 0.5) is 8.78 Å². The second-order valence-electron chi connectivity index (χ2n) is 5.91. The number of halogens is 2. The summed E-state index contributed by atoms with van der Waals surface area (Å²) in [4.78, 5) is 11.6. The number of amides is 1. The normalized spacial score (nSPS) is 13.4. The predicted molar refractivity (Wildman–Crippen MR) is 79.6 cm³/mol. The average Bonchev–Trinajstić information content (AvgIpc) is 2.42. The maximum Gasteiger partial charge on any atom is 0.387 e. The first kappa shape index (κ1) is 18.1. The van der Waals surface area contributed by atoms with Crippen LogP contribution in [0.2, 0.25) is 0 Å². The van der Waals surface area contributed by atoms with Gasteiger partial charge in [0.25, 0.3) is 0 Å². The van der Waals surface area contributed by atoms with E-state index in [0.29, 0.717) is 5.56 Å². The number of alkyl halides is 2. The van der Waals surface area contributed by atoms with E-state index >= 15 is 0 Å². The molecule has 0 bridgehead atoms. The molecular formula is C16H21F2NO3. The monoisotopic (exact) mass is 313 g/mol. The van der Waals surface area contributed by atoms with Gasteiger partial charge in [-0.2, -0.15) is 8.78 Å². The van der Waals surface area contributed by atoms with Crippen LogP contribution in [0.5, 0.6) is 5.75 Å². The number of allylic oxidation sites excluding steroid dienone is 1. The van der Waals surface area contributed by atoms with Gasteiger partial charge in [0.2, 0.25) is 5.91 Å². The fourth-order valence-corrected chi connectivity index (χ4v) is 1.57. The third-order valence-corrected chi connectivity index (χ3v) is 2.69. The second-order valence-corrected chi connectivity index (χ2v) is 5.91. The number of ether oxygens (including phenoxy) is 1. The molecule has 22 heavy (non-hydrogen) atoms. The van der Waals surface area contributed by atoms with Gasteiger partial charge in [0.15, 0.2) is 0 Å². The standard InChI is InChI=1S/C16H21F2NO3/c1-16(2,3)9-8-14(21)19-10-13(20)11-4-6-12(7-5-11)22-15(17)18/h4-9,13,15,20H,10H2,1-3H3,(H,19,21)/b9-8+. The SMILES string of the molecule is CC(C)(C)/C=C/C(=O)NCC(O)c1ccc(OC(F)F)cc1. The molecule has 0 aliphatic heterocycles. The lowest BCUT2D eigenvalue weighted by Gasteiger charge is -2.13. The molecule has 0 radical (unpaired) electrons. The molecule has 0 saturated heterocycles. The highest BCUT2D eigenvalue weighted by atomic mass is 19.3. The Bertz CT molecular complexity index is 507. The summed E-state index contributed by atoms with van der Waals surface area (Å²) in [5.74, 6) is -0.283. The minimum atomic E-state index is -2.88. The molecule has 0 saturated carbocycles. The lowest BCUT2D eigenvalue weighted by molar-refractivity contribution is -0.117. The molecule has 2 N–H and O–H groups in total. The molecule has 1 atom stereocenters. The van der Waals surface area contributed by atoms with Crippen molar-refractivity contribution in [1.82, 2.24) is 5.32 Å². The molecule has 1 amide bonds. The van der Waals surface area contributed by atoms with Gasteiger partial charge in [-0.1, -0.05) is 39.0 Å². The van der Waals surface area contributed by atoms with Crippen LogP contribution in [-0.4, -0.2) is 24.2 Å². The predicted octanol–water partition coefficient (Wildman–Crippen LogP) is 3.04. The van der Waals surface area contributed by atoms with Crippen LogP contribution in [0.15, 0.2) is 36.4 Å². The zero-order valence-electron chi connectivity index (χ0n) is 12.8. The fraction of sp³-hybridized carbons (Fsp3) is 0.438. The van der Waals surface area contributed by atoms with Crippen molar-refractivity contribution in [3.05, 3.63) is 42.0 Å². The van der Waals surface area contributed by atoms with E-state index in [9.17, 15) is 18.7 Å². The number of aliphatic hydroxyl groups excluding tert-OH is 1. The van der Waals surface area contributed by atoms with Gasteiger partial charge in [0.1, 0.15) is 5.75 Å². The van der Waals surface area contributed by atoms with Crippen molar-refractivity contribution in [3.8, 4) is 5.75 Å². The van der Waals surface area contributed by atoms with Crippen molar-refractivity contribution in [2.75, 3.05) is 6.54 Å². The zero-order valence-corrected chi connectivity index (χ0v) is 12.8. The maximum atomic E-state index is 12.0. The highest BCUT2D eigenvalue weighted by Gasteiger charge is 2.11. The molecule has 1 unspecified atom stereocenters. The summed E-state index contributed by atoms with van der Waals surface area (Å²) in [6, 6.07) is 5.62. The van der Waals surface area contributed by atoms with Gasteiger partial charge in [-0.05, 0) is 29.2 Å². The molecule has 0 aromatic heterocycles. The number of aliphatic hydroxyl groups is 1. The Hall–Kier alpha value is -1.95. The van der Waals surface area contributed by atoms with Gasteiger partial charge in [0, 0.05) is 6.54 Å². The van der Waals surface area contributed by atoms with Crippen molar-refractivity contribution < 1.29 is 23.4 Å². The number of hydrogen-bond donors (Lipinski definition) is 2. The summed E-state index contributed by atoms with van der Waals surface area (Å²) < 4.78 is 28.3. The average molecular weight is 313 g/mol. The summed E-state index contributed by atoms with van der Waals surface area (Å²) >= 11 is 0. The van der Waals surface area contributed by atoms with E-state index in [0.717, 1.165) is 0 Å². The van der Waals surface area contributed by atoms with E-state index in [1.165, 1.54) is 30.3 Å². The van der Waals surface area contributed by atoms with Gasteiger partial charge in [-0.25, -0.2) is 0 Å². The molecule has 0 aliphatic carbocycles. The van der Waals surface area contributed by atoms with Crippen molar-refractivity contribution in [2.45, 2.75) is 33.5 Å². The molecule has 122 valence electrons. The van der Waals surface area contributed by atoms with Crippen molar-refractivity contribution in [2.24, 2.45) is 5.41 Å². The van der Waals surface area contributed by atoms with Gasteiger partial charge >= 0.3 is 6.61 Å². The van der Waals surface area contributed by atoms with Crippen molar-refractivity contribution in [3.63, 3.8) is 0 Å². The minimum Gasteiger partial charge on any atom is -0.435 e. The highest BCUT2D eigenvalue weighted by molar-refractivity contribution is 5.87. The quantitative estimate of drug-likeness (QED) is 0.794. The molecule has 0 aliphatic rings. The Morgan fingerprint density at radius 2 is 1.91 bits per heavy atom. The van der Waals surface area contributed by atoms with Gasteiger partial charge < -0.3 is 15.2 Å². The fourth-order valence-electron chi connectivity index (χ4n) is 1.57. The van der Waals surface area contributed by atoms with Crippen LogP contribution in [0, 0.1) is 5.41 Å². The Kier molecular flexibility index (Phi) is 6.49. The Morgan fingerprint density at radius 3 is 2.41 bits per heavy atom. The van der Waals surface area contributed by atoms with Crippen LogP contribution in [0.1, 0.15) is 32.4 Å². The molecule has 1 aromatic rings. The van der Waals surface area contributed by atoms with E-state index < -0.39 is 12.7 Å². The molecule has 0 heterocycles. The van der Waals surface area contributed by atoms with Crippen molar-refractivity contribution in [1.29, 1.82) is 0 Å². The van der Waals surface area contributed by atoms with Crippen LogP contribution >= 0.6 is 0 Å². The lowest BCUT2D eigenvalue weighted by Crippen LogP contribution is -2.27. The zero-order chi connectivity index (χ0) is 16.8. The lowest BCUT2D eigenvalue weighted by atomic mass is 9.96. The Labute approximate surface area is 128 Å². The first-order chi connectivity index (χ1) is 10.2. The number of hydrogen-bond acceptors (Lipinski definition) is 3. The molecule has 1 aromatic carbocycles. The van der Waals surface area contributed by atoms with Gasteiger partial charge in [0.05, 0.1) is 6.10 Å². The van der Waals surface area contributed by atoms with E-state index in [1.807, 2.05) is 20.8 Å². The van der Waals surface area contributed by atoms with Crippen LogP contribution in [0.3, 0.4) is 0 Å². The highest BCUT2D eigenvalue weighted by Crippen LogP contribution is 2.19. The first-order valence-electron chi connectivity index (χ1n) is 6.87. The third kappa shape index (κ3) is 7.17. The third-order valence-electron chi connectivity index (χ3n) is 2.69. The Morgan fingerprint density at radius 1 is 1.32 bits per heavy atom. The summed E-state index contributed by atoms with van der Waals surface area (Å²) in [7, 11) is 0. The molecule has 1 rings (SSSR count). The van der Waals surface area contributed by atoms with E-state index in [2.05, 4.69) is 10.1 Å². The molecule has 0 spiro atoms. The molecule has 4 nitrogen and oxygen atoms in total. The molecule has 6 heteroatoms.